The predicted molar refractivity (Wildman–Crippen MR) is 80.8 cm³/mol. The second-order valence-corrected chi connectivity index (χ2v) is 7.96. The smallest absolute Gasteiger partial charge is 0.220 e. The van der Waals surface area contributed by atoms with E-state index >= 15 is 0 Å². The first kappa shape index (κ1) is 16.2. The molecule has 0 aromatic heterocycles. The highest BCUT2D eigenvalue weighted by atomic mass is 33.1. The van der Waals surface area contributed by atoms with Gasteiger partial charge in [0.15, 0.2) is 0 Å². The van der Waals surface area contributed by atoms with E-state index in [1.807, 2.05) is 35.4 Å². The Morgan fingerprint density at radius 2 is 2.22 bits per heavy atom. The fourth-order valence-electron chi connectivity index (χ4n) is 1.92. The first-order valence-electron chi connectivity index (χ1n) is 6.82. The van der Waals surface area contributed by atoms with Crippen LogP contribution in [0.1, 0.15) is 46.0 Å². The third kappa shape index (κ3) is 6.34. The van der Waals surface area contributed by atoms with Gasteiger partial charge in [0.2, 0.25) is 5.91 Å². The van der Waals surface area contributed by atoms with Gasteiger partial charge in [0.05, 0.1) is 12.6 Å². The van der Waals surface area contributed by atoms with E-state index in [1.54, 1.807) is 0 Å². The van der Waals surface area contributed by atoms with E-state index in [0.717, 1.165) is 18.1 Å². The summed E-state index contributed by atoms with van der Waals surface area (Å²) in [4.78, 5) is 11.7. The Bertz CT molecular complexity index is 243. The summed E-state index contributed by atoms with van der Waals surface area (Å²) >= 11 is 0. The SMILES string of the molecule is CC(C)[C@@H](CO)NC(=O)CCCC[C@@H]1CCSS1. The molecule has 1 amide bonds. The number of aliphatic hydroxyl groups excluding tert-OH is 1. The van der Waals surface area contributed by atoms with Crippen molar-refractivity contribution in [1.82, 2.24) is 5.32 Å². The van der Waals surface area contributed by atoms with Crippen molar-refractivity contribution in [3.8, 4) is 0 Å². The van der Waals surface area contributed by atoms with Gasteiger partial charge < -0.3 is 10.4 Å². The van der Waals surface area contributed by atoms with E-state index in [4.69, 9.17) is 5.11 Å². The van der Waals surface area contributed by atoms with Crippen LogP contribution < -0.4 is 5.32 Å². The van der Waals surface area contributed by atoms with Crippen LogP contribution in [0.2, 0.25) is 0 Å². The molecule has 3 nitrogen and oxygen atoms in total. The summed E-state index contributed by atoms with van der Waals surface area (Å²) < 4.78 is 0. The van der Waals surface area contributed by atoms with Crippen LogP contribution in [0, 0.1) is 5.92 Å². The largest absolute Gasteiger partial charge is 0.394 e. The number of hydrogen-bond acceptors (Lipinski definition) is 4. The molecule has 0 aromatic rings. The molecule has 0 saturated carbocycles. The Kier molecular flexibility index (Phi) is 8.18. The molecule has 1 rings (SSSR count). The second-order valence-electron chi connectivity index (χ2n) is 5.18. The van der Waals surface area contributed by atoms with Gasteiger partial charge in [0.1, 0.15) is 0 Å². The predicted octanol–water partition coefficient (Wildman–Crippen LogP) is 2.83. The van der Waals surface area contributed by atoms with Crippen LogP contribution in [0.25, 0.3) is 0 Å². The van der Waals surface area contributed by atoms with Crippen molar-refractivity contribution >= 4 is 27.5 Å². The van der Waals surface area contributed by atoms with E-state index in [0.29, 0.717) is 6.42 Å². The maximum atomic E-state index is 11.7. The van der Waals surface area contributed by atoms with Crippen molar-refractivity contribution in [3.63, 3.8) is 0 Å². The van der Waals surface area contributed by atoms with E-state index in [2.05, 4.69) is 5.32 Å². The van der Waals surface area contributed by atoms with E-state index in [1.165, 1.54) is 18.6 Å². The third-order valence-electron chi connectivity index (χ3n) is 3.26. The van der Waals surface area contributed by atoms with Crippen molar-refractivity contribution < 1.29 is 9.90 Å². The molecule has 1 heterocycles. The molecule has 2 N–H and O–H groups in total. The summed E-state index contributed by atoms with van der Waals surface area (Å²) in [5.41, 5.74) is 0. The number of carbonyl (C=O) groups excluding carboxylic acids is 1. The van der Waals surface area contributed by atoms with Crippen LogP contribution in [0.15, 0.2) is 0 Å². The standard InChI is InChI=1S/C13H25NO2S2/c1-10(2)12(9-15)14-13(16)6-4-3-5-11-7-8-17-18-11/h10-12,15H,3-9H2,1-2H3,(H,14,16)/t11-,12-/m1/s1. The maximum absolute atomic E-state index is 11.7. The molecular weight excluding hydrogens is 266 g/mol. The monoisotopic (exact) mass is 291 g/mol. The lowest BCUT2D eigenvalue weighted by Crippen LogP contribution is -2.41. The summed E-state index contributed by atoms with van der Waals surface area (Å²) in [6, 6.07) is -0.0979. The molecular formula is C13H25NO2S2. The van der Waals surface area contributed by atoms with Crippen molar-refractivity contribution in [1.29, 1.82) is 0 Å². The number of nitrogens with one attached hydrogen (secondary N) is 1. The van der Waals surface area contributed by atoms with Crippen molar-refractivity contribution in [2.45, 2.75) is 57.2 Å². The summed E-state index contributed by atoms with van der Waals surface area (Å²) in [5, 5.41) is 12.8. The maximum Gasteiger partial charge on any atom is 0.220 e. The number of unbranched alkanes of at least 4 members (excludes halogenated alkanes) is 1. The summed E-state index contributed by atoms with van der Waals surface area (Å²) in [5.74, 6) is 1.64. The zero-order chi connectivity index (χ0) is 13.4. The Labute approximate surface area is 118 Å². The number of rotatable bonds is 8. The Morgan fingerprint density at radius 3 is 2.78 bits per heavy atom. The van der Waals surface area contributed by atoms with Gasteiger partial charge in [-0.25, -0.2) is 0 Å². The minimum absolute atomic E-state index is 0.0271. The van der Waals surface area contributed by atoms with Crippen LogP contribution in [0.4, 0.5) is 0 Å². The molecule has 0 spiro atoms. The van der Waals surface area contributed by atoms with Gasteiger partial charge in [-0.1, -0.05) is 41.9 Å². The molecule has 0 bridgehead atoms. The quantitative estimate of drug-likeness (QED) is 0.533. The van der Waals surface area contributed by atoms with Gasteiger partial charge in [-0.05, 0) is 25.2 Å². The summed E-state index contributed by atoms with van der Waals surface area (Å²) in [6.45, 7) is 4.05. The number of amides is 1. The van der Waals surface area contributed by atoms with Gasteiger partial charge in [-0.3, -0.25) is 4.79 Å². The average Bonchev–Trinajstić information content (AvgIpc) is 2.84. The molecule has 106 valence electrons. The minimum atomic E-state index is -0.0979. The van der Waals surface area contributed by atoms with Gasteiger partial charge in [-0.2, -0.15) is 0 Å². The van der Waals surface area contributed by atoms with E-state index in [-0.39, 0.29) is 24.5 Å². The van der Waals surface area contributed by atoms with Gasteiger partial charge in [0, 0.05) is 17.4 Å². The van der Waals surface area contributed by atoms with Crippen LogP contribution in [0.5, 0.6) is 0 Å². The van der Waals surface area contributed by atoms with Crippen LogP contribution >= 0.6 is 21.6 Å². The molecule has 18 heavy (non-hydrogen) atoms. The van der Waals surface area contributed by atoms with Crippen LogP contribution in [-0.4, -0.2) is 34.7 Å². The molecule has 0 aliphatic carbocycles. The lowest BCUT2D eigenvalue weighted by molar-refractivity contribution is -0.122. The van der Waals surface area contributed by atoms with Crippen molar-refractivity contribution in [2.75, 3.05) is 12.4 Å². The van der Waals surface area contributed by atoms with Gasteiger partial charge in [-0.15, -0.1) is 0 Å². The van der Waals surface area contributed by atoms with E-state index < -0.39 is 0 Å². The fraction of sp³-hybridized carbons (Fsp3) is 0.923. The van der Waals surface area contributed by atoms with Crippen molar-refractivity contribution in [2.24, 2.45) is 5.92 Å². The normalized spacial score (nSPS) is 21.2. The molecule has 0 unspecified atom stereocenters. The first-order chi connectivity index (χ1) is 8.63. The molecule has 5 heteroatoms. The van der Waals surface area contributed by atoms with E-state index in [9.17, 15) is 4.79 Å². The highest BCUT2D eigenvalue weighted by molar-refractivity contribution is 8.77. The van der Waals surface area contributed by atoms with Gasteiger partial charge in [0.25, 0.3) is 0 Å². The zero-order valence-electron chi connectivity index (χ0n) is 11.4. The fourth-order valence-corrected chi connectivity index (χ4v) is 4.95. The highest BCUT2D eigenvalue weighted by Crippen LogP contribution is 2.39. The van der Waals surface area contributed by atoms with Crippen LogP contribution in [0.3, 0.4) is 0 Å². The second kappa shape index (κ2) is 9.10. The lowest BCUT2D eigenvalue weighted by atomic mass is 10.0. The number of hydrogen-bond donors (Lipinski definition) is 2. The lowest BCUT2D eigenvalue weighted by Gasteiger charge is -2.19. The van der Waals surface area contributed by atoms with Gasteiger partial charge >= 0.3 is 0 Å². The summed E-state index contributed by atoms with van der Waals surface area (Å²) in [6.07, 6.45) is 5.24. The molecule has 2 atom stereocenters. The van der Waals surface area contributed by atoms with Crippen LogP contribution in [-0.2, 0) is 4.79 Å². The molecule has 1 aliphatic rings. The molecule has 1 saturated heterocycles. The molecule has 0 radical (unpaired) electrons. The Balaban J connectivity index is 2.05. The Hall–Kier alpha value is 0.130. The first-order valence-corrected chi connectivity index (χ1v) is 9.20. The molecule has 1 aliphatic heterocycles. The average molecular weight is 291 g/mol. The topological polar surface area (TPSA) is 49.3 Å². The highest BCUT2D eigenvalue weighted by Gasteiger charge is 2.17. The number of aliphatic hydroxyl groups is 1. The zero-order valence-corrected chi connectivity index (χ0v) is 13.0. The molecule has 0 aromatic carbocycles. The number of carbonyl (C=O) groups is 1. The third-order valence-corrected chi connectivity index (χ3v) is 6.26. The molecule has 1 fully saturated rings. The summed E-state index contributed by atoms with van der Waals surface area (Å²) in [7, 11) is 3.97. The minimum Gasteiger partial charge on any atom is -0.394 e. The Morgan fingerprint density at radius 1 is 1.44 bits per heavy atom. The van der Waals surface area contributed by atoms with Crippen molar-refractivity contribution in [3.05, 3.63) is 0 Å².